The molecule has 25 heavy (non-hydrogen) atoms. The Morgan fingerprint density at radius 3 is 2.28 bits per heavy atom. The van der Waals surface area contributed by atoms with Gasteiger partial charge in [-0.1, -0.05) is 25.0 Å². The Bertz CT molecular complexity index is 699. The predicted octanol–water partition coefficient (Wildman–Crippen LogP) is 2.11. The summed E-state index contributed by atoms with van der Waals surface area (Å²) in [6.07, 6.45) is 7.57. The Balaban J connectivity index is 1.58. The van der Waals surface area contributed by atoms with Gasteiger partial charge >= 0.3 is 5.97 Å². The topological polar surface area (TPSA) is 95.5 Å². The maximum Gasteiger partial charge on any atom is 0.329 e. The van der Waals surface area contributed by atoms with Gasteiger partial charge in [0.2, 0.25) is 5.91 Å². The third-order valence-electron chi connectivity index (χ3n) is 4.74. The van der Waals surface area contributed by atoms with Crippen molar-refractivity contribution in [2.75, 3.05) is 0 Å². The van der Waals surface area contributed by atoms with Crippen molar-refractivity contribution in [2.24, 2.45) is 0 Å². The SMILES string of the molecule is O=C(C=Cc1ccc(C(=O)NC2CC2)cc1)NC1(C(=O)O)CCCC1. The van der Waals surface area contributed by atoms with Crippen LogP contribution in [0.4, 0.5) is 0 Å². The number of carboxylic acid groups (broad SMARTS) is 1. The van der Waals surface area contributed by atoms with Gasteiger partial charge in [-0.3, -0.25) is 9.59 Å². The molecule has 0 atom stereocenters. The van der Waals surface area contributed by atoms with E-state index >= 15 is 0 Å². The molecule has 2 aliphatic rings. The summed E-state index contributed by atoms with van der Waals surface area (Å²) in [5, 5.41) is 14.9. The van der Waals surface area contributed by atoms with Crippen LogP contribution < -0.4 is 10.6 Å². The van der Waals surface area contributed by atoms with E-state index < -0.39 is 17.4 Å². The average molecular weight is 342 g/mol. The largest absolute Gasteiger partial charge is 0.480 e. The number of carbonyl (C=O) groups is 3. The van der Waals surface area contributed by atoms with E-state index in [-0.39, 0.29) is 5.91 Å². The van der Waals surface area contributed by atoms with Crippen molar-refractivity contribution in [3.63, 3.8) is 0 Å². The Morgan fingerprint density at radius 1 is 1.08 bits per heavy atom. The summed E-state index contributed by atoms with van der Waals surface area (Å²) in [5.41, 5.74) is 0.227. The first kappa shape index (κ1) is 17.2. The van der Waals surface area contributed by atoms with Gasteiger partial charge < -0.3 is 15.7 Å². The molecular formula is C19H22N2O4. The Morgan fingerprint density at radius 2 is 1.72 bits per heavy atom. The third-order valence-corrected chi connectivity index (χ3v) is 4.74. The summed E-state index contributed by atoms with van der Waals surface area (Å²) in [6, 6.07) is 7.26. The molecule has 0 aliphatic heterocycles. The van der Waals surface area contributed by atoms with E-state index in [0.717, 1.165) is 31.2 Å². The normalized spacial score (nSPS) is 18.9. The highest BCUT2D eigenvalue weighted by molar-refractivity contribution is 5.97. The molecule has 3 N–H and O–H groups in total. The van der Waals surface area contributed by atoms with Crippen molar-refractivity contribution in [1.82, 2.24) is 10.6 Å². The van der Waals surface area contributed by atoms with Crippen molar-refractivity contribution in [3.8, 4) is 0 Å². The number of hydrogen-bond donors (Lipinski definition) is 3. The summed E-state index contributed by atoms with van der Waals surface area (Å²) in [5.74, 6) is -1.47. The second kappa shape index (κ2) is 7.09. The van der Waals surface area contributed by atoms with Crippen molar-refractivity contribution in [1.29, 1.82) is 0 Å². The molecule has 1 aromatic carbocycles. The van der Waals surface area contributed by atoms with Crippen LogP contribution in [0.15, 0.2) is 30.3 Å². The number of amides is 2. The molecule has 2 fully saturated rings. The van der Waals surface area contributed by atoms with Crippen LogP contribution in [0.5, 0.6) is 0 Å². The maximum atomic E-state index is 12.1. The lowest BCUT2D eigenvalue weighted by molar-refractivity contribution is -0.146. The minimum absolute atomic E-state index is 0.0830. The van der Waals surface area contributed by atoms with Crippen LogP contribution >= 0.6 is 0 Å². The molecule has 2 saturated carbocycles. The van der Waals surface area contributed by atoms with Gasteiger partial charge in [-0.2, -0.15) is 0 Å². The molecule has 2 aliphatic carbocycles. The fourth-order valence-electron chi connectivity index (χ4n) is 3.06. The number of aliphatic carboxylic acids is 1. The van der Waals surface area contributed by atoms with E-state index in [0.29, 0.717) is 24.4 Å². The molecule has 132 valence electrons. The second-order valence-electron chi connectivity index (χ2n) is 6.79. The standard InChI is InChI=1S/C19H22N2O4/c22-16(21-19(18(24)25)11-1-2-12-19)10-5-13-3-6-14(7-4-13)17(23)20-15-8-9-15/h3-7,10,15H,1-2,8-9,11-12H2,(H,20,23)(H,21,22)(H,24,25). The van der Waals surface area contributed by atoms with E-state index in [1.807, 2.05) is 0 Å². The van der Waals surface area contributed by atoms with Crippen LogP contribution in [-0.4, -0.2) is 34.5 Å². The summed E-state index contributed by atoms with van der Waals surface area (Å²) in [4.78, 5) is 35.4. The highest BCUT2D eigenvalue weighted by Crippen LogP contribution is 2.29. The molecule has 0 bridgehead atoms. The van der Waals surface area contributed by atoms with E-state index in [1.165, 1.54) is 6.08 Å². The molecule has 6 nitrogen and oxygen atoms in total. The third kappa shape index (κ3) is 4.26. The predicted molar refractivity (Wildman–Crippen MR) is 92.9 cm³/mol. The molecule has 6 heteroatoms. The lowest BCUT2D eigenvalue weighted by Gasteiger charge is -2.24. The lowest BCUT2D eigenvalue weighted by atomic mass is 9.98. The summed E-state index contributed by atoms with van der Waals surface area (Å²) < 4.78 is 0. The zero-order valence-electron chi connectivity index (χ0n) is 14.0. The first-order valence-electron chi connectivity index (χ1n) is 8.63. The molecule has 0 unspecified atom stereocenters. The zero-order chi connectivity index (χ0) is 17.9. The van der Waals surface area contributed by atoms with E-state index in [2.05, 4.69) is 10.6 Å². The van der Waals surface area contributed by atoms with Crippen molar-refractivity contribution < 1.29 is 19.5 Å². The van der Waals surface area contributed by atoms with Crippen LogP contribution in [0.2, 0.25) is 0 Å². The number of benzene rings is 1. The van der Waals surface area contributed by atoms with Crippen LogP contribution in [0, 0.1) is 0 Å². The van der Waals surface area contributed by atoms with Gasteiger partial charge in [0, 0.05) is 17.7 Å². The average Bonchev–Trinajstić information content (AvgIpc) is 3.28. The quantitative estimate of drug-likeness (QED) is 0.690. The molecule has 2 amide bonds. The Labute approximate surface area is 146 Å². The van der Waals surface area contributed by atoms with Gasteiger partial charge in [0.05, 0.1) is 0 Å². The Kier molecular flexibility index (Phi) is 4.88. The second-order valence-corrected chi connectivity index (χ2v) is 6.79. The maximum absolute atomic E-state index is 12.1. The van der Waals surface area contributed by atoms with Crippen molar-refractivity contribution in [3.05, 3.63) is 41.5 Å². The molecule has 0 aromatic heterocycles. The minimum Gasteiger partial charge on any atom is -0.480 e. The summed E-state index contributed by atoms with van der Waals surface area (Å²) >= 11 is 0. The number of hydrogen-bond acceptors (Lipinski definition) is 3. The van der Waals surface area contributed by atoms with Gasteiger partial charge in [0.15, 0.2) is 0 Å². The monoisotopic (exact) mass is 342 g/mol. The van der Waals surface area contributed by atoms with Gasteiger partial charge in [-0.25, -0.2) is 4.79 Å². The summed E-state index contributed by atoms with van der Waals surface area (Å²) in [6.45, 7) is 0. The molecule has 0 spiro atoms. The van der Waals surface area contributed by atoms with Crippen LogP contribution in [0.3, 0.4) is 0 Å². The summed E-state index contributed by atoms with van der Waals surface area (Å²) in [7, 11) is 0. The highest BCUT2D eigenvalue weighted by Gasteiger charge is 2.42. The van der Waals surface area contributed by atoms with E-state index in [4.69, 9.17) is 0 Å². The fraction of sp³-hybridized carbons (Fsp3) is 0.421. The van der Waals surface area contributed by atoms with Crippen LogP contribution in [-0.2, 0) is 9.59 Å². The first-order valence-corrected chi connectivity index (χ1v) is 8.63. The zero-order valence-corrected chi connectivity index (χ0v) is 14.0. The van der Waals surface area contributed by atoms with Gasteiger partial charge in [0.25, 0.3) is 5.91 Å². The van der Waals surface area contributed by atoms with Crippen LogP contribution in [0.1, 0.15) is 54.4 Å². The highest BCUT2D eigenvalue weighted by atomic mass is 16.4. The minimum atomic E-state index is -1.13. The molecule has 1 aromatic rings. The first-order chi connectivity index (χ1) is 12.0. The molecule has 3 rings (SSSR count). The smallest absolute Gasteiger partial charge is 0.329 e. The number of carboxylic acids is 1. The number of nitrogens with one attached hydrogen (secondary N) is 2. The molecule has 0 radical (unpaired) electrons. The Hall–Kier alpha value is -2.63. The van der Waals surface area contributed by atoms with E-state index in [1.54, 1.807) is 30.3 Å². The molecular weight excluding hydrogens is 320 g/mol. The van der Waals surface area contributed by atoms with Crippen LogP contribution in [0.25, 0.3) is 6.08 Å². The van der Waals surface area contributed by atoms with E-state index in [9.17, 15) is 19.5 Å². The van der Waals surface area contributed by atoms with Gasteiger partial charge in [0.1, 0.15) is 5.54 Å². The number of rotatable bonds is 6. The lowest BCUT2D eigenvalue weighted by Crippen LogP contribution is -2.52. The van der Waals surface area contributed by atoms with Crippen molar-refractivity contribution in [2.45, 2.75) is 50.1 Å². The fourth-order valence-corrected chi connectivity index (χ4v) is 3.06. The van der Waals surface area contributed by atoms with Gasteiger partial charge in [-0.15, -0.1) is 0 Å². The van der Waals surface area contributed by atoms with Gasteiger partial charge in [-0.05, 0) is 49.5 Å². The molecule has 0 heterocycles. The number of carbonyl (C=O) groups excluding carboxylic acids is 2. The molecule has 0 saturated heterocycles. The van der Waals surface area contributed by atoms with Crippen molar-refractivity contribution >= 4 is 23.9 Å².